The molecule has 1 heterocycles. The number of alkyl halides is 3. The van der Waals surface area contributed by atoms with Crippen LogP contribution in [0, 0.1) is 5.82 Å². The van der Waals surface area contributed by atoms with Gasteiger partial charge in [-0.05, 0) is 6.07 Å². The lowest BCUT2D eigenvalue weighted by Crippen LogP contribution is -2.11. The van der Waals surface area contributed by atoms with E-state index >= 15 is 0 Å². The number of hydrogen-bond acceptors (Lipinski definition) is 3. The molecule has 2 rings (SSSR count). The van der Waals surface area contributed by atoms with E-state index in [0.29, 0.717) is 6.07 Å². The largest absolute Gasteiger partial charge is 0.419 e. The van der Waals surface area contributed by atoms with Gasteiger partial charge in [0.1, 0.15) is 4.90 Å². The van der Waals surface area contributed by atoms with Crippen molar-refractivity contribution in [2.45, 2.75) is 17.2 Å². The van der Waals surface area contributed by atoms with Crippen LogP contribution in [-0.2, 0) is 16.0 Å². The van der Waals surface area contributed by atoms with Gasteiger partial charge in [0.05, 0.1) is 17.4 Å². The second-order valence-electron chi connectivity index (χ2n) is 3.64. The van der Waals surface area contributed by atoms with Gasteiger partial charge in [0.25, 0.3) is 0 Å². The third kappa shape index (κ3) is 1.81. The Labute approximate surface area is 93.6 Å². The van der Waals surface area contributed by atoms with Crippen LogP contribution in [0.15, 0.2) is 17.0 Å². The van der Waals surface area contributed by atoms with Crippen molar-refractivity contribution in [3.8, 4) is 0 Å². The van der Waals surface area contributed by atoms with E-state index in [9.17, 15) is 31.1 Å². The number of fused-ring (bicyclic) bond motifs is 1. The van der Waals surface area contributed by atoms with Crippen molar-refractivity contribution in [2.24, 2.45) is 0 Å². The highest BCUT2D eigenvalue weighted by molar-refractivity contribution is 7.91. The first-order valence-electron chi connectivity index (χ1n) is 4.45. The van der Waals surface area contributed by atoms with E-state index < -0.39 is 44.1 Å². The zero-order chi connectivity index (χ0) is 13.0. The minimum atomic E-state index is -4.97. The van der Waals surface area contributed by atoms with Crippen LogP contribution in [0.1, 0.15) is 17.2 Å². The second-order valence-corrected chi connectivity index (χ2v) is 5.61. The monoisotopic (exact) mass is 270 g/mol. The van der Waals surface area contributed by atoms with Gasteiger partial charge in [0.15, 0.2) is 15.7 Å². The molecule has 1 aliphatic heterocycles. The fourth-order valence-corrected chi connectivity index (χ4v) is 3.46. The van der Waals surface area contributed by atoms with Gasteiger partial charge in [0.2, 0.25) is 0 Å². The van der Waals surface area contributed by atoms with Crippen LogP contribution in [0.3, 0.4) is 0 Å². The zero-order valence-corrected chi connectivity index (χ0v) is 8.94. The number of rotatable bonds is 0. The van der Waals surface area contributed by atoms with Crippen LogP contribution in [0.25, 0.3) is 0 Å². The summed E-state index contributed by atoms with van der Waals surface area (Å²) in [5.74, 6) is -2.63. The average molecular weight is 270 g/mol. The molecule has 1 N–H and O–H groups in total. The van der Waals surface area contributed by atoms with E-state index in [0.717, 1.165) is 6.07 Å². The number of sulfone groups is 1. The first kappa shape index (κ1) is 12.3. The van der Waals surface area contributed by atoms with E-state index in [1.54, 1.807) is 0 Å². The van der Waals surface area contributed by atoms with Gasteiger partial charge in [-0.25, -0.2) is 12.8 Å². The molecule has 1 unspecified atom stereocenters. The Morgan fingerprint density at radius 2 is 1.88 bits per heavy atom. The van der Waals surface area contributed by atoms with Crippen molar-refractivity contribution in [3.63, 3.8) is 0 Å². The number of benzene rings is 1. The van der Waals surface area contributed by atoms with Crippen LogP contribution in [0.5, 0.6) is 0 Å². The number of aliphatic hydroxyl groups is 1. The molecular formula is C9H6F4O3S. The van der Waals surface area contributed by atoms with Gasteiger partial charge in [0, 0.05) is 5.56 Å². The quantitative estimate of drug-likeness (QED) is 0.729. The third-order valence-corrected chi connectivity index (χ3v) is 4.27. The summed E-state index contributed by atoms with van der Waals surface area (Å²) in [4.78, 5) is -1.04. The maximum absolute atomic E-state index is 13.5. The molecule has 1 aliphatic rings. The molecule has 8 heteroatoms. The first-order chi connectivity index (χ1) is 7.64. The minimum Gasteiger partial charge on any atom is -0.387 e. The molecule has 17 heavy (non-hydrogen) atoms. The highest BCUT2D eigenvalue weighted by atomic mass is 32.2. The normalized spacial score (nSPS) is 22.5. The van der Waals surface area contributed by atoms with E-state index in [1.807, 2.05) is 0 Å². The van der Waals surface area contributed by atoms with Gasteiger partial charge < -0.3 is 5.11 Å². The lowest BCUT2D eigenvalue weighted by atomic mass is 10.1. The third-order valence-electron chi connectivity index (χ3n) is 2.48. The van der Waals surface area contributed by atoms with E-state index in [1.165, 1.54) is 0 Å². The van der Waals surface area contributed by atoms with Crippen LogP contribution in [-0.4, -0.2) is 19.3 Å². The van der Waals surface area contributed by atoms with Gasteiger partial charge in [-0.1, -0.05) is 6.07 Å². The maximum Gasteiger partial charge on any atom is 0.419 e. The Hall–Kier alpha value is -1.15. The highest BCUT2D eigenvalue weighted by Gasteiger charge is 2.42. The molecule has 0 fully saturated rings. The Morgan fingerprint density at radius 3 is 2.41 bits per heavy atom. The second kappa shape index (κ2) is 3.42. The summed E-state index contributed by atoms with van der Waals surface area (Å²) in [6.07, 6.45) is -6.45. The van der Waals surface area contributed by atoms with Crippen LogP contribution in [0.2, 0.25) is 0 Å². The van der Waals surface area contributed by atoms with Crippen LogP contribution < -0.4 is 0 Å². The van der Waals surface area contributed by atoms with Gasteiger partial charge >= 0.3 is 6.18 Å². The fourth-order valence-electron chi connectivity index (χ4n) is 1.75. The smallest absolute Gasteiger partial charge is 0.387 e. The molecule has 0 bridgehead atoms. The van der Waals surface area contributed by atoms with Gasteiger partial charge in [-0.15, -0.1) is 0 Å². The predicted molar refractivity (Wildman–Crippen MR) is 48.4 cm³/mol. The Balaban J connectivity index is 2.78. The molecule has 1 atom stereocenters. The summed E-state index contributed by atoms with van der Waals surface area (Å²) in [5, 5.41) is 9.31. The molecule has 0 saturated heterocycles. The molecule has 1 aromatic rings. The lowest BCUT2D eigenvalue weighted by Gasteiger charge is -2.10. The molecular weight excluding hydrogens is 264 g/mol. The summed E-state index contributed by atoms with van der Waals surface area (Å²) >= 11 is 0. The zero-order valence-electron chi connectivity index (χ0n) is 8.12. The predicted octanol–water partition coefficient (Wildman–Crippen LogP) is 1.67. The minimum absolute atomic E-state index is 0.324. The molecule has 0 radical (unpaired) electrons. The Bertz CT molecular complexity index is 577. The average Bonchev–Trinajstić information content (AvgIpc) is 2.35. The molecule has 94 valence electrons. The standard InChI is InChI=1S/C9H6F4O3S/c10-7-5(9(11,12)13)2-1-4-6(14)3-17(15,16)8(4)7/h1-2,6,14H,3H2. The van der Waals surface area contributed by atoms with Crippen LogP contribution >= 0.6 is 0 Å². The highest BCUT2D eigenvalue weighted by Crippen LogP contribution is 2.40. The molecule has 0 saturated carbocycles. The number of hydrogen-bond donors (Lipinski definition) is 1. The van der Waals surface area contributed by atoms with Gasteiger partial charge in [-0.2, -0.15) is 13.2 Å². The van der Waals surface area contributed by atoms with E-state index in [-0.39, 0.29) is 5.56 Å². The summed E-state index contributed by atoms with van der Waals surface area (Å²) in [5.41, 5.74) is -1.97. The van der Waals surface area contributed by atoms with Crippen molar-refractivity contribution in [1.29, 1.82) is 0 Å². The van der Waals surface area contributed by atoms with Crippen LogP contribution in [0.4, 0.5) is 17.6 Å². The number of halogens is 4. The first-order valence-corrected chi connectivity index (χ1v) is 6.10. The summed E-state index contributed by atoms with van der Waals surface area (Å²) < 4.78 is 73.4. The van der Waals surface area contributed by atoms with Crippen molar-refractivity contribution in [3.05, 3.63) is 29.1 Å². The van der Waals surface area contributed by atoms with Crippen molar-refractivity contribution < 1.29 is 31.1 Å². The Morgan fingerprint density at radius 1 is 1.29 bits per heavy atom. The number of aliphatic hydroxyl groups excluding tert-OH is 1. The van der Waals surface area contributed by atoms with E-state index in [2.05, 4.69) is 0 Å². The molecule has 0 spiro atoms. The summed E-state index contributed by atoms with van der Waals surface area (Å²) in [6, 6.07) is 1.22. The van der Waals surface area contributed by atoms with E-state index in [4.69, 9.17) is 0 Å². The molecule has 1 aromatic carbocycles. The summed E-state index contributed by atoms with van der Waals surface area (Å²) in [6.45, 7) is 0. The SMILES string of the molecule is O=S1(=O)CC(O)c2ccc(C(F)(F)F)c(F)c21. The molecule has 0 aromatic heterocycles. The van der Waals surface area contributed by atoms with Crippen molar-refractivity contribution >= 4 is 9.84 Å². The molecule has 0 aliphatic carbocycles. The van der Waals surface area contributed by atoms with Crippen molar-refractivity contribution in [1.82, 2.24) is 0 Å². The fraction of sp³-hybridized carbons (Fsp3) is 0.333. The summed E-state index contributed by atoms with van der Waals surface area (Å²) in [7, 11) is -4.19. The van der Waals surface area contributed by atoms with Crippen molar-refractivity contribution in [2.75, 3.05) is 5.75 Å². The maximum atomic E-state index is 13.5. The molecule has 0 amide bonds. The lowest BCUT2D eigenvalue weighted by molar-refractivity contribution is -0.140. The topological polar surface area (TPSA) is 54.4 Å². The van der Waals surface area contributed by atoms with Gasteiger partial charge in [-0.3, -0.25) is 0 Å². The molecule has 3 nitrogen and oxygen atoms in total. The Kier molecular flexibility index (Phi) is 2.48.